The smallest absolute Gasteiger partial charge is 0.171 e. The molecule has 24 heavy (non-hydrogen) atoms. The molecule has 1 aliphatic rings. The van der Waals surface area contributed by atoms with Gasteiger partial charge in [-0.3, -0.25) is 0 Å². The molecule has 1 atom stereocenters. The lowest BCUT2D eigenvalue weighted by molar-refractivity contribution is 0.722. The maximum atomic E-state index is 5.42. The lowest BCUT2D eigenvalue weighted by Gasteiger charge is -2.20. The van der Waals surface area contributed by atoms with Gasteiger partial charge in [0.05, 0.1) is 6.04 Å². The third kappa shape index (κ3) is 4.48. The molecule has 1 aliphatic heterocycles. The van der Waals surface area contributed by atoms with E-state index in [1.165, 1.54) is 37.2 Å². The zero-order chi connectivity index (χ0) is 16.9. The van der Waals surface area contributed by atoms with Crippen molar-refractivity contribution in [3.8, 4) is 0 Å². The second-order valence-electron chi connectivity index (χ2n) is 6.12. The molecule has 0 aromatic heterocycles. The number of hydrogen-bond donors (Lipinski definition) is 2. The minimum atomic E-state index is 0.157. The standard InChI is InChI=1S/C19H22BrN3S/c1-14(21-19(24)22-17-6-4-5-16(20)13-17)15-7-9-18(10-8-15)23-11-2-3-12-23/h4-10,13-14H,2-3,11-12H2,1H3,(H2,21,22,24)/t14-/m0/s1. The summed E-state index contributed by atoms with van der Waals surface area (Å²) in [6.45, 7) is 4.47. The van der Waals surface area contributed by atoms with Gasteiger partial charge in [0, 0.05) is 28.9 Å². The number of nitrogens with one attached hydrogen (secondary N) is 2. The topological polar surface area (TPSA) is 27.3 Å². The zero-order valence-electron chi connectivity index (χ0n) is 13.8. The van der Waals surface area contributed by atoms with Crippen molar-refractivity contribution in [3.05, 3.63) is 58.6 Å². The van der Waals surface area contributed by atoms with Crippen LogP contribution < -0.4 is 15.5 Å². The molecular weight excluding hydrogens is 382 g/mol. The summed E-state index contributed by atoms with van der Waals surface area (Å²) < 4.78 is 1.03. The van der Waals surface area contributed by atoms with Gasteiger partial charge in [-0.1, -0.05) is 34.1 Å². The molecule has 0 aliphatic carbocycles. The number of rotatable bonds is 4. The van der Waals surface area contributed by atoms with Gasteiger partial charge in [0.25, 0.3) is 0 Å². The molecule has 1 saturated heterocycles. The third-order valence-corrected chi connectivity index (χ3v) is 5.01. The van der Waals surface area contributed by atoms with Crippen molar-refractivity contribution in [3.63, 3.8) is 0 Å². The first-order valence-corrected chi connectivity index (χ1v) is 9.50. The molecule has 0 bridgehead atoms. The highest BCUT2D eigenvalue weighted by Gasteiger charge is 2.13. The number of thiocarbonyl (C=S) groups is 1. The summed E-state index contributed by atoms with van der Waals surface area (Å²) in [5.41, 5.74) is 3.52. The number of anilines is 2. The van der Waals surface area contributed by atoms with Gasteiger partial charge in [0.15, 0.2) is 5.11 Å². The van der Waals surface area contributed by atoms with Crippen LogP contribution in [0.3, 0.4) is 0 Å². The van der Waals surface area contributed by atoms with E-state index in [2.05, 4.69) is 62.7 Å². The fraction of sp³-hybridized carbons (Fsp3) is 0.316. The van der Waals surface area contributed by atoms with Crippen molar-refractivity contribution < 1.29 is 0 Å². The maximum Gasteiger partial charge on any atom is 0.171 e. The number of halogens is 1. The van der Waals surface area contributed by atoms with Gasteiger partial charge in [-0.25, -0.2) is 0 Å². The first-order chi connectivity index (χ1) is 11.6. The van der Waals surface area contributed by atoms with Crippen LogP contribution in [0, 0.1) is 0 Å². The molecular formula is C19H22BrN3S. The zero-order valence-corrected chi connectivity index (χ0v) is 16.2. The van der Waals surface area contributed by atoms with Gasteiger partial charge in [-0.05, 0) is 67.9 Å². The van der Waals surface area contributed by atoms with Crippen LogP contribution in [0.2, 0.25) is 0 Å². The van der Waals surface area contributed by atoms with Crippen molar-refractivity contribution in [2.24, 2.45) is 0 Å². The van der Waals surface area contributed by atoms with Gasteiger partial charge >= 0.3 is 0 Å². The molecule has 5 heteroatoms. The molecule has 2 aromatic carbocycles. The van der Waals surface area contributed by atoms with Gasteiger partial charge in [0.2, 0.25) is 0 Å². The molecule has 2 N–H and O–H groups in total. The number of hydrogen-bond acceptors (Lipinski definition) is 2. The van der Waals surface area contributed by atoms with Crippen LogP contribution in [0.25, 0.3) is 0 Å². The van der Waals surface area contributed by atoms with Crippen LogP contribution in [0.4, 0.5) is 11.4 Å². The molecule has 0 spiro atoms. The van der Waals surface area contributed by atoms with Crippen molar-refractivity contribution in [2.45, 2.75) is 25.8 Å². The van der Waals surface area contributed by atoms with Crippen LogP contribution in [0.5, 0.6) is 0 Å². The van der Waals surface area contributed by atoms with Gasteiger partial charge in [-0.15, -0.1) is 0 Å². The molecule has 1 heterocycles. The molecule has 0 saturated carbocycles. The minimum Gasteiger partial charge on any atom is -0.372 e. The summed E-state index contributed by atoms with van der Waals surface area (Å²) in [5.74, 6) is 0. The van der Waals surface area contributed by atoms with Crippen LogP contribution in [-0.2, 0) is 0 Å². The van der Waals surface area contributed by atoms with E-state index in [4.69, 9.17) is 12.2 Å². The molecule has 1 fully saturated rings. The average molecular weight is 404 g/mol. The Morgan fingerprint density at radius 2 is 1.83 bits per heavy atom. The van der Waals surface area contributed by atoms with E-state index in [0.29, 0.717) is 5.11 Å². The van der Waals surface area contributed by atoms with Crippen molar-refractivity contribution in [1.29, 1.82) is 0 Å². The van der Waals surface area contributed by atoms with Gasteiger partial charge in [0.1, 0.15) is 0 Å². The second-order valence-corrected chi connectivity index (χ2v) is 7.44. The van der Waals surface area contributed by atoms with E-state index < -0.39 is 0 Å². The predicted molar refractivity (Wildman–Crippen MR) is 110 cm³/mol. The van der Waals surface area contributed by atoms with Crippen LogP contribution >= 0.6 is 28.1 Å². The Morgan fingerprint density at radius 1 is 1.12 bits per heavy atom. The molecule has 126 valence electrons. The minimum absolute atomic E-state index is 0.157. The highest BCUT2D eigenvalue weighted by Crippen LogP contribution is 2.23. The summed E-state index contributed by atoms with van der Waals surface area (Å²) in [4.78, 5) is 2.45. The lowest BCUT2D eigenvalue weighted by atomic mass is 10.1. The van der Waals surface area contributed by atoms with Gasteiger partial charge < -0.3 is 15.5 Å². The lowest BCUT2D eigenvalue weighted by Crippen LogP contribution is -2.30. The third-order valence-electron chi connectivity index (χ3n) is 4.29. The molecule has 3 nitrogen and oxygen atoms in total. The summed E-state index contributed by atoms with van der Waals surface area (Å²) in [7, 11) is 0. The Morgan fingerprint density at radius 3 is 2.50 bits per heavy atom. The highest BCUT2D eigenvalue weighted by atomic mass is 79.9. The SMILES string of the molecule is C[C@H](NC(=S)Nc1cccc(Br)c1)c1ccc(N2CCCC2)cc1. The van der Waals surface area contributed by atoms with E-state index in [1.807, 2.05) is 24.3 Å². The van der Waals surface area contributed by atoms with E-state index in [1.54, 1.807) is 0 Å². The van der Waals surface area contributed by atoms with Crippen molar-refractivity contribution in [2.75, 3.05) is 23.3 Å². The van der Waals surface area contributed by atoms with Crippen LogP contribution in [0.1, 0.15) is 31.4 Å². The van der Waals surface area contributed by atoms with Crippen molar-refractivity contribution in [1.82, 2.24) is 5.32 Å². The van der Waals surface area contributed by atoms with Crippen molar-refractivity contribution >= 4 is 44.6 Å². The summed E-state index contributed by atoms with van der Waals surface area (Å²) in [6, 6.07) is 16.9. The predicted octanol–water partition coefficient (Wildman–Crippen LogP) is 5.10. The molecule has 2 aromatic rings. The summed E-state index contributed by atoms with van der Waals surface area (Å²) in [6.07, 6.45) is 2.60. The molecule has 0 radical (unpaired) electrons. The van der Waals surface area contributed by atoms with Crippen LogP contribution in [0.15, 0.2) is 53.0 Å². The Hall–Kier alpha value is -1.59. The Kier molecular flexibility index (Phi) is 5.74. The van der Waals surface area contributed by atoms with E-state index in [-0.39, 0.29) is 6.04 Å². The summed E-state index contributed by atoms with van der Waals surface area (Å²) >= 11 is 8.89. The second kappa shape index (κ2) is 7.99. The number of nitrogens with zero attached hydrogens (tertiary/aromatic N) is 1. The molecule has 3 rings (SSSR count). The van der Waals surface area contributed by atoms with Gasteiger partial charge in [-0.2, -0.15) is 0 Å². The average Bonchev–Trinajstić information content (AvgIpc) is 3.09. The fourth-order valence-electron chi connectivity index (χ4n) is 2.96. The van der Waals surface area contributed by atoms with Crippen LogP contribution in [-0.4, -0.2) is 18.2 Å². The highest BCUT2D eigenvalue weighted by molar-refractivity contribution is 9.10. The van der Waals surface area contributed by atoms with E-state index in [9.17, 15) is 0 Å². The summed E-state index contributed by atoms with van der Waals surface area (Å²) in [5, 5.41) is 7.20. The quantitative estimate of drug-likeness (QED) is 0.694. The Bertz CT molecular complexity index is 696. The molecule has 0 amide bonds. The van der Waals surface area contributed by atoms with E-state index >= 15 is 0 Å². The monoisotopic (exact) mass is 403 g/mol. The largest absolute Gasteiger partial charge is 0.372 e. The molecule has 0 unspecified atom stereocenters. The van der Waals surface area contributed by atoms with E-state index in [0.717, 1.165) is 10.2 Å². The fourth-order valence-corrected chi connectivity index (χ4v) is 3.66. The normalized spacial score (nSPS) is 15.2. The first kappa shape index (κ1) is 17.2. The first-order valence-electron chi connectivity index (χ1n) is 8.30. The Balaban J connectivity index is 1.57. The Labute approximate surface area is 157 Å². The number of benzene rings is 2. The maximum absolute atomic E-state index is 5.42.